The van der Waals surface area contributed by atoms with Crippen LogP contribution in [0.1, 0.15) is 82.4 Å². The summed E-state index contributed by atoms with van der Waals surface area (Å²) in [6.45, 7) is 8.31. The summed E-state index contributed by atoms with van der Waals surface area (Å²) >= 11 is 0. The summed E-state index contributed by atoms with van der Waals surface area (Å²) in [5.74, 6) is 1.15. The molecule has 0 N–H and O–H groups in total. The number of hydrogen-bond donors (Lipinski definition) is 0. The van der Waals surface area contributed by atoms with E-state index in [1.807, 2.05) is 49.4 Å². The summed E-state index contributed by atoms with van der Waals surface area (Å²) in [6.07, 6.45) is 5.58. The van der Waals surface area contributed by atoms with E-state index in [1.165, 1.54) is 10.5 Å². The molecule has 1 unspecified atom stereocenters. The number of carbonyl (C=O) groups excluding carboxylic acids is 2. The second-order valence-corrected chi connectivity index (χ2v) is 12.3. The SMILES string of the molecule is CCCC(C)OC(=O)N(C)CCOc1ccc(/C(=C(\CC)c2ccccc2)c2ccc(OC(=O)OCCCCCCN(C)C)cc2)cc1. The number of unbranched alkanes of at least 4 members (excludes halogenated alkanes) is 3. The Balaban J connectivity index is 1.67. The van der Waals surface area contributed by atoms with Crippen molar-refractivity contribution in [2.24, 2.45) is 0 Å². The van der Waals surface area contributed by atoms with Gasteiger partial charge < -0.3 is 28.7 Å². The summed E-state index contributed by atoms with van der Waals surface area (Å²) in [7, 11) is 5.86. The number of benzene rings is 3. The fourth-order valence-corrected chi connectivity index (χ4v) is 5.37. The zero-order valence-electron chi connectivity index (χ0n) is 29.7. The van der Waals surface area contributed by atoms with Crippen LogP contribution in [0.3, 0.4) is 0 Å². The highest BCUT2D eigenvalue weighted by Gasteiger charge is 2.16. The minimum atomic E-state index is -0.685. The molecule has 0 spiro atoms. The third-order valence-electron chi connectivity index (χ3n) is 7.99. The van der Waals surface area contributed by atoms with Crippen LogP contribution in [-0.4, -0.2) is 75.6 Å². The smallest absolute Gasteiger partial charge is 0.492 e. The molecule has 1 atom stereocenters. The number of nitrogens with zero attached hydrogens (tertiary/aromatic N) is 2. The van der Waals surface area contributed by atoms with E-state index in [0.717, 1.165) is 73.8 Å². The number of rotatable bonds is 19. The molecule has 0 aromatic heterocycles. The number of ether oxygens (including phenoxy) is 4. The molecule has 48 heavy (non-hydrogen) atoms. The van der Waals surface area contributed by atoms with Crippen molar-refractivity contribution in [1.29, 1.82) is 0 Å². The maximum Gasteiger partial charge on any atom is 0.513 e. The minimum absolute atomic E-state index is 0.104. The van der Waals surface area contributed by atoms with E-state index in [4.69, 9.17) is 18.9 Å². The highest BCUT2D eigenvalue weighted by molar-refractivity contribution is 5.98. The molecule has 3 aromatic rings. The first kappa shape index (κ1) is 38.2. The van der Waals surface area contributed by atoms with Crippen molar-refractivity contribution in [3.05, 3.63) is 95.6 Å². The van der Waals surface area contributed by atoms with Crippen LogP contribution in [0.4, 0.5) is 9.59 Å². The van der Waals surface area contributed by atoms with Crippen LogP contribution in [0, 0.1) is 0 Å². The first-order valence-electron chi connectivity index (χ1n) is 17.2. The molecule has 0 radical (unpaired) electrons. The quantitative estimate of drug-likeness (QED) is 0.0550. The van der Waals surface area contributed by atoms with Crippen molar-refractivity contribution < 1.29 is 28.5 Å². The zero-order chi connectivity index (χ0) is 34.7. The fraction of sp³-hybridized carbons (Fsp3) is 0.450. The first-order chi connectivity index (χ1) is 23.2. The van der Waals surface area contributed by atoms with Gasteiger partial charge in [-0.25, -0.2) is 9.59 Å². The van der Waals surface area contributed by atoms with Gasteiger partial charge in [0.2, 0.25) is 0 Å². The van der Waals surface area contributed by atoms with Crippen molar-refractivity contribution in [2.75, 3.05) is 47.4 Å². The molecule has 260 valence electrons. The van der Waals surface area contributed by atoms with E-state index in [9.17, 15) is 9.59 Å². The predicted octanol–water partition coefficient (Wildman–Crippen LogP) is 9.33. The normalized spacial score (nSPS) is 12.2. The van der Waals surface area contributed by atoms with E-state index < -0.39 is 6.16 Å². The Morgan fingerprint density at radius 2 is 1.33 bits per heavy atom. The van der Waals surface area contributed by atoms with Gasteiger partial charge in [0.25, 0.3) is 0 Å². The lowest BCUT2D eigenvalue weighted by atomic mass is 9.88. The third kappa shape index (κ3) is 13.1. The van der Waals surface area contributed by atoms with Crippen LogP contribution in [0.15, 0.2) is 78.9 Å². The lowest BCUT2D eigenvalue weighted by Crippen LogP contribution is -2.33. The van der Waals surface area contributed by atoms with Crippen molar-refractivity contribution in [1.82, 2.24) is 9.80 Å². The van der Waals surface area contributed by atoms with Gasteiger partial charge in [-0.15, -0.1) is 0 Å². The maximum atomic E-state index is 12.3. The van der Waals surface area contributed by atoms with E-state index >= 15 is 0 Å². The molecule has 8 heteroatoms. The lowest BCUT2D eigenvalue weighted by Gasteiger charge is -2.20. The van der Waals surface area contributed by atoms with Gasteiger partial charge in [-0.1, -0.05) is 87.7 Å². The van der Waals surface area contributed by atoms with Gasteiger partial charge in [0.1, 0.15) is 24.2 Å². The van der Waals surface area contributed by atoms with Gasteiger partial charge in [-0.2, -0.15) is 0 Å². The van der Waals surface area contributed by atoms with E-state index in [-0.39, 0.29) is 12.2 Å². The number of amides is 1. The first-order valence-corrected chi connectivity index (χ1v) is 17.2. The molecule has 0 saturated carbocycles. The van der Waals surface area contributed by atoms with Crippen LogP contribution < -0.4 is 9.47 Å². The Kier molecular flexibility index (Phi) is 16.6. The molecular weight excluding hydrogens is 604 g/mol. The molecule has 0 saturated heterocycles. The Morgan fingerprint density at radius 3 is 1.94 bits per heavy atom. The van der Waals surface area contributed by atoms with Gasteiger partial charge >= 0.3 is 12.2 Å². The Bertz CT molecular complexity index is 1400. The van der Waals surface area contributed by atoms with E-state index in [1.54, 1.807) is 19.2 Å². The summed E-state index contributed by atoms with van der Waals surface area (Å²) in [5.41, 5.74) is 5.46. The molecule has 3 rings (SSSR count). The Morgan fingerprint density at radius 1 is 0.708 bits per heavy atom. The van der Waals surface area contributed by atoms with Crippen molar-refractivity contribution in [3.63, 3.8) is 0 Å². The molecule has 1 amide bonds. The number of hydrogen-bond acceptors (Lipinski definition) is 7. The predicted molar refractivity (Wildman–Crippen MR) is 194 cm³/mol. The van der Waals surface area contributed by atoms with Crippen LogP contribution in [0.25, 0.3) is 11.1 Å². The molecule has 8 nitrogen and oxygen atoms in total. The summed E-state index contributed by atoms with van der Waals surface area (Å²) in [4.78, 5) is 28.3. The average Bonchev–Trinajstić information content (AvgIpc) is 3.08. The molecular formula is C40H54N2O6. The maximum absolute atomic E-state index is 12.3. The van der Waals surface area contributed by atoms with Gasteiger partial charge in [0.15, 0.2) is 0 Å². The Labute approximate surface area is 287 Å². The Hall–Kier alpha value is -4.30. The molecule has 0 bridgehead atoms. The number of likely N-dealkylation sites (N-methyl/N-ethyl adjacent to an activating group) is 1. The zero-order valence-corrected chi connectivity index (χ0v) is 29.7. The third-order valence-corrected chi connectivity index (χ3v) is 7.99. The van der Waals surface area contributed by atoms with Crippen LogP contribution in [0.5, 0.6) is 11.5 Å². The average molecular weight is 659 g/mol. The molecule has 0 fully saturated rings. The standard InChI is InChI=1S/C40H54N2O6/c1-7-16-31(3)47-39(43)42(6)28-30-45-35-23-19-33(20-24-35)38(37(8-2)32-17-12-11-13-18-32)34-21-25-36(26-22-34)48-40(44)46-29-15-10-9-14-27-41(4)5/h11-13,17-26,31H,7-10,14-16,27-30H2,1-6H3/b38-37-. The van der Waals surface area contributed by atoms with Crippen molar-refractivity contribution >= 4 is 23.4 Å². The van der Waals surface area contributed by atoms with Crippen molar-refractivity contribution in [3.8, 4) is 11.5 Å². The van der Waals surface area contributed by atoms with E-state index in [2.05, 4.69) is 57.1 Å². The molecule has 3 aromatic carbocycles. The fourth-order valence-electron chi connectivity index (χ4n) is 5.37. The molecule has 0 aliphatic rings. The topological polar surface area (TPSA) is 77.5 Å². The van der Waals surface area contributed by atoms with Gasteiger partial charge in [-0.05, 0) is 105 Å². The van der Waals surface area contributed by atoms with Crippen LogP contribution >= 0.6 is 0 Å². The van der Waals surface area contributed by atoms with Crippen LogP contribution in [-0.2, 0) is 9.47 Å². The number of carbonyl (C=O) groups is 2. The highest BCUT2D eigenvalue weighted by atomic mass is 16.7. The molecule has 0 heterocycles. The molecule has 0 aliphatic heterocycles. The second kappa shape index (κ2) is 20.8. The van der Waals surface area contributed by atoms with Crippen LogP contribution in [0.2, 0.25) is 0 Å². The van der Waals surface area contributed by atoms with Gasteiger partial charge in [0, 0.05) is 7.05 Å². The van der Waals surface area contributed by atoms with Gasteiger partial charge in [-0.3, -0.25) is 0 Å². The van der Waals surface area contributed by atoms with E-state index in [0.29, 0.717) is 31.3 Å². The number of allylic oxidation sites excluding steroid dienone is 1. The van der Waals surface area contributed by atoms with Gasteiger partial charge in [0.05, 0.1) is 13.2 Å². The second-order valence-electron chi connectivity index (χ2n) is 12.3. The minimum Gasteiger partial charge on any atom is -0.492 e. The monoisotopic (exact) mass is 658 g/mol. The summed E-state index contributed by atoms with van der Waals surface area (Å²) < 4.78 is 22.2. The summed E-state index contributed by atoms with van der Waals surface area (Å²) in [5, 5.41) is 0. The highest BCUT2D eigenvalue weighted by Crippen LogP contribution is 2.35. The largest absolute Gasteiger partial charge is 0.513 e. The summed E-state index contributed by atoms with van der Waals surface area (Å²) in [6, 6.07) is 25.9. The van der Waals surface area contributed by atoms with Crippen molar-refractivity contribution in [2.45, 2.75) is 71.8 Å². The molecule has 0 aliphatic carbocycles. The lowest BCUT2D eigenvalue weighted by molar-refractivity contribution is 0.0693.